The fourth-order valence-corrected chi connectivity index (χ4v) is 7.43. The second-order valence-corrected chi connectivity index (χ2v) is 13.5. The van der Waals surface area contributed by atoms with Crippen LogP contribution in [-0.2, 0) is 17.6 Å². The molecular formula is C34H40OS3. The van der Waals surface area contributed by atoms with Gasteiger partial charge in [-0.15, -0.1) is 22.7 Å². The third-order valence-corrected chi connectivity index (χ3v) is 10.3. The molecule has 0 saturated heterocycles. The van der Waals surface area contributed by atoms with Crippen molar-refractivity contribution < 1.29 is 4.79 Å². The highest BCUT2D eigenvalue weighted by Gasteiger charge is 2.09. The first-order chi connectivity index (χ1) is 18.6. The van der Waals surface area contributed by atoms with Gasteiger partial charge in [-0.25, -0.2) is 0 Å². The highest BCUT2D eigenvalue weighted by atomic mass is 32.2. The largest absolute Gasteiger partial charge is 0.288 e. The molecule has 2 aromatic carbocycles. The van der Waals surface area contributed by atoms with Crippen LogP contribution in [0.5, 0.6) is 0 Å². The fourth-order valence-electron chi connectivity index (χ4n) is 4.68. The summed E-state index contributed by atoms with van der Waals surface area (Å²) in [5.74, 6) is 0.964. The Kier molecular flexibility index (Phi) is 11.7. The van der Waals surface area contributed by atoms with Crippen LogP contribution in [0.25, 0.3) is 30.6 Å². The first-order valence-corrected chi connectivity index (χ1v) is 16.8. The number of benzene rings is 2. The fraction of sp³-hybridized carbons (Fsp3) is 0.382. The standard InChI is InChI=1S/C34H40OS3/c1-3-4-5-8-11-27-13-17-29(18-14-27)31-21-23-33(37-31)34-24-22-32(38-34)30-19-15-28(16-20-30)12-9-6-7-10-25-36-26(2)35/h13-24H,3-12,25H2,1-2H3. The SMILES string of the molecule is CCCCCCc1ccc(-c2ccc(-c3ccc(-c4ccc(CCCCCCSC(C)=O)cc4)s3)s2)cc1. The topological polar surface area (TPSA) is 17.1 Å². The Bertz CT molecular complexity index is 1250. The zero-order valence-corrected chi connectivity index (χ0v) is 25.3. The lowest BCUT2D eigenvalue weighted by atomic mass is 10.0. The Morgan fingerprint density at radius 2 is 1.03 bits per heavy atom. The molecule has 1 nitrogen and oxygen atoms in total. The first-order valence-electron chi connectivity index (χ1n) is 14.1. The van der Waals surface area contributed by atoms with Crippen molar-refractivity contribution in [3.8, 4) is 30.6 Å². The molecule has 0 radical (unpaired) electrons. The van der Waals surface area contributed by atoms with Crippen molar-refractivity contribution >= 4 is 39.6 Å². The van der Waals surface area contributed by atoms with Gasteiger partial charge in [0.25, 0.3) is 0 Å². The third-order valence-electron chi connectivity index (χ3n) is 6.92. The van der Waals surface area contributed by atoms with Crippen LogP contribution in [0.15, 0.2) is 72.8 Å². The number of thioether (sulfide) groups is 1. The molecule has 0 spiro atoms. The number of aryl methyl sites for hydroxylation is 2. The molecule has 38 heavy (non-hydrogen) atoms. The van der Waals surface area contributed by atoms with Gasteiger partial charge in [-0.05, 0) is 78.6 Å². The van der Waals surface area contributed by atoms with Gasteiger partial charge in [-0.3, -0.25) is 4.79 Å². The molecule has 0 N–H and O–H groups in total. The van der Waals surface area contributed by atoms with Gasteiger partial charge in [-0.1, -0.05) is 99.3 Å². The molecule has 0 saturated carbocycles. The van der Waals surface area contributed by atoms with Crippen LogP contribution in [0, 0.1) is 0 Å². The van der Waals surface area contributed by atoms with E-state index < -0.39 is 0 Å². The molecule has 0 atom stereocenters. The summed E-state index contributed by atoms with van der Waals surface area (Å²) < 4.78 is 0. The van der Waals surface area contributed by atoms with Crippen molar-refractivity contribution in [2.24, 2.45) is 0 Å². The quantitative estimate of drug-likeness (QED) is 0.134. The van der Waals surface area contributed by atoms with E-state index in [1.54, 1.807) is 6.92 Å². The van der Waals surface area contributed by atoms with E-state index in [4.69, 9.17) is 0 Å². The number of hydrogen-bond acceptors (Lipinski definition) is 4. The Labute approximate surface area is 241 Å². The molecule has 0 fully saturated rings. The lowest BCUT2D eigenvalue weighted by Crippen LogP contribution is -1.89. The van der Waals surface area contributed by atoms with Gasteiger partial charge < -0.3 is 0 Å². The Hall–Kier alpha value is -2.14. The summed E-state index contributed by atoms with van der Waals surface area (Å²) in [6, 6.07) is 27.4. The van der Waals surface area contributed by atoms with Gasteiger partial charge in [0, 0.05) is 32.2 Å². The molecule has 4 heteroatoms. The molecule has 0 aliphatic rings. The Balaban J connectivity index is 1.27. The van der Waals surface area contributed by atoms with Crippen LogP contribution < -0.4 is 0 Å². The van der Waals surface area contributed by atoms with E-state index >= 15 is 0 Å². The highest BCUT2D eigenvalue weighted by molar-refractivity contribution is 8.13. The van der Waals surface area contributed by atoms with E-state index in [2.05, 4.69) is 79.7 Å². The van der Waals surface area contributed by atoms with Crippen molar-refractivity contribution in [1.29, 1.82) is 0 Å². The lowest BCUT2D eigenvalue weighted by molar-refractivity contribution is -0.109. The molecule has 0 amide bonds. The smallest absolute Gasteiger partial charge is 0.185 e. The van der Waals surface area contributed by atoms with Crippen molar-refractivity contribution in [3.63, 3.8) is 0 Å². The minimum absolute atomic E-state index is 0.233. The van der Waals surface area contributed by atoms with Crippen molar-refractivity contribution in [3.05, 3.63) is 83.9 Å². The van der Waals surface area contributed by atoms with E-state index in [9.17, 15) is 4.79 Å². The number of thiophene rings is 2. The van der Waals surface area contributed by atoms with E-state index in [0.29, 0.717) is 0 Å². The molecule has 2 aromatic heterocycles. The van der Waals surface area contributed by atoms with Crippen molar-refractivity contribution in [2.45, 2.75) is 78.1 Å². The second-order valence-electron chi connectivity index (χ2n) is 10.0. The molecule has 0 aliphatic carbocycles. The van der Waals surface area contributed by atoms with Gasteiger partial charge in [-0.2, -0.15) is 0 Å². The third kappa shape index (κ3) is 8.97. The van der Waals surface area contributed by atoms with Crippen LogP contribution in [0.4, 0.5) is 0 Å². The van der Waals surface area contributed by atoms with E-state index in [1.165, 1.54) is 105 Å². The lowest BCUT2D eigenvalue weighted by Gasteiger charge is -2.04. The molecule has 0 bridgehead atoms. The highest BCUT2D eigenvalue weighted by Crippen LogP contribution is 2.40. The summed E-state index contributed by atoms with van der Waals surface area (Å²) in [6.07, 6.45) is 12.4. The Morgan fingerprint density at radius 1 is 0.579 bits per heavy atom. The van der Waals surface area contributed by atoms with Crippen LogP contribution in [0.2, 0.25) is 0 Å². The maximum absolute atomic E-state index is 11.0. The van der Waals surface area contributed by atoms with Gasteiger partial charge >= 0.3 is 0 Å². The molecule has 2 heterocycles. The normalized spacial score (nSPS) is 11.2. The van der Waals surface area contributed by atoms with Crippen molar-refractivity contribution in [1.82, 2.24) is 0 Å². The summed E-state index contributed by atoms with van der Waals surface area (Å²) >= 11 is 5.23. The van der Waals surface area contributed by atoms with Crippen LogP contribution in [0.1, 0.15) is 76.3 Å². The summed E-state index contributed by atoms with van der Waals surface area (Å²) in [4.78, 5) is 16.3. The first kappa shape index (κ1) is 28.9. The molecule has 4 rings (SSSR count). The minimum Gasteiger partial charge on any atom is -0.288 e. The monoisotopic (exact) mass is 560 g/mol. The van der Waals surface area contributed by atoms with E-state index in [0.717, 1.165) is 18.6 Å². The molecule has 0 unspecified atom stereocenters. The maximum atomic E-state index is 11.0. The number of rotatable bonds is 15. The van der Waals surface area contributed by atoms with Crippen LogP contribution >= 0.6 is 34.4 Å². The van der Waals surface area contributed by atoms with Gasteiger partial charge in [0.2, 0.25) is 0 Å². The summed E-state index contributed by atoms with van der Waals surface area (Å²) in [5, 5.41) is 0.233. The number of unbranched alkanes of at least 4 members (excludes halogenated alkanes) is 6. The van der Waals surface area contributed by atoms with Crippen LogP contribution in [0.3, 0.4) is 0 Å². The minimum atomic E-state index is 0.233. The molecule has 0 aliphatic heterocycles. The zero-order valence-electron chi connectivity index (χ0n) is 22.8. The van der Waals surface area contributed by atoms with Gasteiger partial charge in [0.1, 0.15) is 0 Å². The molecule has 200 valence electrons. The predicted molar refractivity (Wildman–Crippen MR) is 172 cm³/mol. The summed E-state index contributed by atoms with van der Waals surface area (Å²) in [6.45, 7) is 3.92. The number of carbonyl (C=O) groups is 1. The molecule has 4 aromatic rings. The van der Waals surface area contributed by atoms with Gasteiger partial charge in [0.15, 0.2) is 5.12 Å². The predicted octanol–water partition coefficient (Wildman–Crippen LogP) is 11.3. The average molecular weight is 561 g/mol. The average Bonchev–Trinajstić information content (AvgIpc) is 3.62. The number of carbonyl (C=O) groups excluding carboxylic acids is 1. The Morgan fingerprint density at radius 3 is 1.50 bits per heavy atom. The summed E-state index contributed by atoms with van der Waals surface area (Å²) in [5.41, 5.74) is 5.49. The second kappa shape index (κ2) is 15.5. The molecular weight excluding hydrogens is 521 g/mol. The van der Waals surface area contributed by atoms with E-state index in [-0.39, 0.29) is 5.12 Å². The maximum Gasteiger partial charge on any atom is 0.185 e. The van der Waals surface area contributed by atoms with Gasteiger partial charge in [0.05, 0.1) is 0 Å². The van der Waals surface area contributed by atoms with Crippen LogP contribution in [-0.4, -0.2) is 10.9 Å². The van der Waals surface area contributed by atoms with E-state index in [1.807, 2.05) is 22.7 Å². The summed E-state index contributed by atoms with van der Waals surface area (Å²) in [7, 11) is 0. The number of hydrogen-bond donors (Lipinski definition) is 0. The van der Waals surface area contributed by atoms with Crippen molar-refractivity contribution in [2.75, 3.05) is 5.75 Å². The zero-order chi connectivity index (χ0) is 26.6.